The predicted octanol–water partition coefficient (Wildman–Crippen LogP) is 7.64. The van der Waals surface area contributed by atoms with Crippen molar-refractivity contribution < 1.29 is 19.1 Å². The molecule has 1 aromatic heterocycles. The van der Waals surface area contributed by atoms with Gasteiger partial charge >= 0.3 is 5.97 Å². The number of carbonyl (C=O) groups is 2. The van der Waals surface area contributed by atoms with Gasteiger partial charge in [-0.25, -0.2) is 9.78 Å². The number of hydrogen-bond donors (Lipinski definition) is 1. The number of carbonyl (C=O) groups excluding carboxylic acids is 2. The van der Waals surface area contributed by atoms with Crippen LogP contribution in [0.4, 0.5) is 0 Å². The third-order valence-electron chi connectivity index (χ3n) is 6.74. The summed E-state index contributed by atoms with van der Waals surface area (Å²) in [5, 5.41) is 2.86. The van der Waals surface area contributed by atoms with E-state index in [1.54, 1.807) is 31.3 Å². The lowest BCUT2D eigenvalue weighted by Crippen LogP contribution is -2.13. The summed E-state index contributed by atoms with van der Waals surface area (Å²) in [5.74, 6) is 0.936. The van der Waals surface area contributed by atoms with Crippen LogP contribution in [0.3, 0.4) is 0 Å². The van der Waals surface area contributed by atoms with Gasteiger partial charge in [-0.1, -0.05) is 61.7 Å². The van der Waals surface area contributed by atoms with E-state index in [4.69, 9.17) is 15.2 Å². The summed E-state index contributed by atoms with van der Waals surface area (Å²) >= 11 is 1.54. The molecule has 218 valence electrons. The fourth-order valence-electron chi connectivity index (χ4n) is 4.53. The van der Waals surface area contributed by atoms with Crippen LogP contribution in [0, 0.1) is 5.92 Å². The number of benzene rings is 2. The van der Waals surface area contributed by atoms with E-state index >= 15 is 0 Å². The number of nitrogens with zero attached hydrogens (tertiary/aromatic N) is 1. The summed E-state index contributed by atoms with van der Waals surface area (Å²) in [6.45, 7) is 6.38. The first-order valence-electron chi connectivity index (χ1n) is 14.3. The Hall–Kier alpha value is -3.55. The fourth-order valence-corrected chi connectivity index (χ4v) is 5.31. The summed E-state index contributed by atoms with van der Waals surface area (Å²) in [6, 6.07) is 17.9. The number of rotatable bonds is 11. The smallest absolute Gasteiger partial charge is 0.333 e. The maximum Gasteiger partial charge on any atom is 0.333 e. The quantitative estimate of drug-likeness (QED) is 0.109. The number of ether oxygens (including phenoxy) is 2. The molecule has 1 unspecified atom stereocenters. The number of allylic oxidation sites excluding steroid dienone is 2. The van der Waals surface area contributed by atoms with Gasteiger partial charge in [0, 0.05) is 16.9 Å². The van der Waals surface area contributed by atoms with E-state index in [1.807, 2.05) is 73.0 Å². The highest BCUT2D eigenvalue weighted by atomic mass is 32.1. The minimum atomic E-state index is -0.303. The molecule has 0 amide bonds. The number of hydrogen-bond acceptors (Lipinski definition) is 7. The third-order valence-corrected chi connectivity index (χ3v) is 7.74. The molecule has 0 saturated heterocycles. The SMILES string of the molecule is CCOC(=O)/C(C)=C/C(C)=C/c1csc(C(N)Cc2ccc(OCc3ccccc3)cc2)n1.O=CC1CCCCC1. The van der Waals surface area contributed by atoms with Crippen LogP contribution in [0.2, 0.25) is 0 Å². The molecular formula is C34H42N2O4S. The van der Waals surface area contributed by atoms with Gasteiger partial charge in [-0.3, -0.25) is 0 Å². The second-order valence-corrected chi connectivity index (χ2v) is 11.2. The van der Waals surface area contributed by atoms with Crippen molar-refractivity contribution in [3.05, 3.63) is 99.0 Å². The molecule has 1 saturated carbocycles. The molecule has 1 aliphatic carbocycles. The Morgan fingerprint density at radius 1 is 1.05 bits per heavy atom. The lowest BCUT2D eigenvalue weighted by Gasteiger charge is -2.14. The van der Waals surface area contributed by atoms with Crippen molar-refractivity contribution in [1.82, 2.24) is 4.98 Å². The van der Waals surface area contributed by atoms with Crippen LogP contribution in [-0.4, -0.2) is 23.8 Å². The van der Waals surface area contributed by atoms with Crippen molar-refractivity contribution in [2.24, 2.45) is 11.7 Å². The number of aldehydes is 1. The first-order chi connectivity index (χ1) is 19.9. The molecule has 1 atom stereocenters. The van der Waals surface area contributed by atoms with Crippen molar-refractivity contribution in [2.75, 3.05) is 6.61 Å². The Labute approximate surface area is 248 Å². The summed E-state index contributed by atoms with van der Waals surface area (Å²) in [7, 11) is 0. The molecular weight excluding hydrogens is 532 g/mol. The zero-order valence-electron chi connectivity index (χ0n) is 24.4. The molecule has 1 fully saturated rings. The summed E-state index contributed by atoms with van der Waals surface area (Å²) < 4.78 is 10.9. The molecule has 0 aliphatic heterocycles. The summed E-state index contributed by atoms with van der Waals surface area (Å²) in [5.41, 5.74) is 11.0. The molecule has 3 aromatic rings. The van der Waals surface area contributed by atoms with Crippen molar-refractivity contribution in [2.45, 2.75) is 71.9 Å². The van der Waals surface area contributed by atoms with Gasteiger partial charge in [0.05, 0.1) is 18.3 Å². The highest BCUT2D eigenvalue weighted by Crippen LogP contribution is 2.24. The Bertz CT molecular complexity index is 1280. The van der Waals surface area contributed by atoms with Crippen LogP contribution in [-0.2, 0) is 27.4 Å². The number of thiazole rings is 1. The molecule has 0 spiro atoms. The van der Waals surface area contributed by atoms with Crippen LogP contribution in [0.25, 0.3) is 6.08 Å². The third kappa shape index (κ3) is 11.5. The van der Waals surface area contributed by atoms with E-state index in [0.29, 0.717) is 31.1 Å². The average molecular weight is 575 g/mol. The monoisotopic (exact) mass is 574 g/mol. The van der Waals surface area contributed by atoms with E-state index in [9.17, 15) is 9.59 Å². The average Bonchev–Trinajstić information content (AvgIpc) is 3.46. The second kappa shape index (κ2) is 17.3. The zero-order chi connectivity index (χ0) is 29.5. The van der Waals surface area contributed by atoms with E-state index in [1.165, 1.54) is 19.3 Å². The molecule has 2 N–H and O–H groups in total. The second-order valence-electron chi connectivity index (χ2n) is 10.3. The van der Waals surface area contributed by atoms with E-state index in [2.05, 4.69) is 4.98 Å². The van der Waals surface area contributed by atoms with E-state index in [-0.39, 0.29) is 12.0 Å². The van der Waals surface area contributed by atoms with E-state index in [0.717, 1.165) is 52.3 Å². The largest absolute Gasteiger partial charge is 0.489 e. The highest BCUT2D eigenvalue weighted by molar-refractivity contribution is 7.09. The maximum atomic E-state index is 11.8. The minimum absolute atomic E-state index is 0.189. The minimum Gasteiger partial charge on any atom is -0.489 e. The molecule has 41 heavy (non-hydrogen) atoms. The van der Waals surface area contributed by atoms with Crippen LogP contribution in [0.5, 0.6) is 5.75 Å². The summed E-state index contributed by atoms with van der Waals surface area (Å²) in [4.78, 5) is 26.6. The van der Waals surface area contributed by atoms with E-state index < -0.39 is 0 Å². The zero-order valence-corrected chi connectivity index (χ0v) is 25.2. The van der Waals surface area contributed by atoms with Gasteiger partial charge in [0.2, 0.25) is 0 Å². The molecule has 0 radical (unpaired) electrons. The van der Waals surface area contributed by atoms with Gasteiger partial charge in [-0.2, -0.15) is 0 Å². The van der Waals surface area contributed by atoms with Gasteiger partial charge in [-0.05, 0) is 81.0 Å². The fraction of sp³-hybridized carbons (Fsp3) is 0.382. The lowest BCUT2D eigenvalue weighted by atomic mass is 9.91. The van der Waals surface area contributed by atoms with Crippen molar-refractivity contribution >= 4 is 29.7 Å². The lowest BCUT2D eigenvalue weighted by molar-refractivity contribution is -0.138. The van der Waals surface area contributed by atoms with Crippen molar-refractivity contribution in [1.29, 1.82) is 0 Å². The first kappa shape index (κ1) is 32.0. The Morgan fingerprint density at radius 3 is 2.39 bits per heavy atom. The molecule has 7 heteroatoms. The highest BCUT2D eigenvalue weighted by Gasteiger charge is 2.12. The normalized spacial score (nSPS) is 14.9. The molecule has 1 heterocycles. The van der Waals surface area contributed by atoms with Gasteiger partial charge in [-0.15, -0.1) is 11.3 Å². The topological polar surface area (TPSA) is 91.5 Å². The standard InChI is InChI=1S/C27H30N2O3S.C7H12O/c1-4-31-27(30)20(3)14-19(2)15-23-18-33-26(29-23)25(28)16-21-10-12-24(13-11-21)32-17-22-8-6-5-7-9-22;8-6-7-4-2-1-3-5-7/h5-15,18,25H,4,16-17,28H2,1-3H3;6-7H,1-5H2/b19-15+,20-14+;. The van der Waals surface area contributed by atoms with Gasteiger partial charge in [0.25, 0.3) is 0 Å². The van der Waals surface area contributed by atoms with Crippen LogP contribution in [0.1, 0.15) is 80.7 Å². The molecule has 4 rings (SSSR count). The number of esters is 1. The molecule has 6 nitrogen and oxygen atoms in total. The van der Waals surface area contributed by atoms with Gasteiger partial charge < -0.3 is 20.0 Å². The van der Waals surface area contributed by atoms with Gasteiger partial charge in [0.1, 0.15) is 23.7 Å². The van der Waals surface area contributed by atoms with Crippen LogP contribution < -0.4 is 10.5 Å². The Balaban J connectivity index is 0.000000496. The van der Waals surface area contributed by atoms with Gasteiger partial charge in [0.15, 0.2) is 0 Å². The number of aromatic nitrogens is 1. The Kier molecular flexibility index (Phi) is 13.5. The maximum absolute atomic E-state index is 11.8. The predicted molar refractivity (Wildman–Crippen MR) is 167 cm³/mol. The summed E-state index contributed by atoms with van der Waals surface area (Å²) in [6.07, 6.45) is 11.7. The number of nitrogens with two attached hydrogens (primary N) is 1. The first-order valence-corrected chi connectivity index (χ1v) is 15.2. The molecule has 0 bridgehead atoms. The Morgan fingerprint density at radius 2 is 1.76 bits per heavy atom. The van der Waals surface area contributed by atoms with Crippen LogP contribution >= 0.6 is 11.3 Å². The van der Waals surface area contributed by atoms with Crippen molar-refractivity contribution in [3.63, 3.8) is 0 Å². The molecule has 2 aromatic carbocycles. The van der Waals surface area contributed by atoms with Crippen molar-refractivity contribution in [3.8, 4) is 5.75 Å². The van der Waals surface area contributed by atoms with Crippen LogP contribution in [0.15, 0.2) is 77.2 Å². The molecule has 1 aliphatic rings.